The van der Waals surface area contributed by atoms with Crippen molar-refractivity contribution in [1.82, 2.24) is 9.97 Å². The second-order valence-electron chi connectivity index (χ2n) is 4.58. The van der Waals surface area contributed by atoms with Gasteiger partial charge in [0.05, 0.1) is 6.61 Å². The van der Waals surface area contributed by atoms with Crippen LogP contribution in [0, 0.1) is 0 Å². The van der Waals surface area contributed by atoms with Crippen LogP contribution in [0.4, 0.5) is 23.0 Å². The van der Waals surface area contributed by atoms with Crippen molar-refractivity contribution in [1.29, 1.82) is 0 Å². The number of hydrogen-bond donors (Lipinski definition) is 3. The number of nitrogen functional groups attached to an aromatic ring is 1. The smallest absolute Gasteiger partial charge is 0.159 e. The Labute approximate surface area is 124 Å². The fraction of sp³-hybridized carbons (Fsp3) is 0.333. The lowest BCUT2D eigenvalue weighted by molar-refractivity contribution is 0.210. The van der Waals surface area contributed by atoms with Gasteiger partial charge in [-0.25, -0.2) is 9.97 Å². The molecule has 0 radical (unpaired) electrons. The molecule has 2 rings (SSSR count). The summed E-state index contributed by atoms with van der Waals surface area (Å²) < 4.78 is 4.99. The Kier molecular flexibility index (Phi) is 5.34. The van der Waals surface area contributed by atoms with Gasteiger partial charge in [0, 0.05) is 19.3 Å². The molecule has 0 atom stereocenters. The van der Waals surface area contributed by atoms with E-state index < -0.39 is 0 Å². The van der Waals surface area contributed by atoms with E-state index in [1.165, 1.54) is 11.9 Å². The van der Waals surface area contributed by atoms with Gasteiger partial charge in [-0.3, -0.25) is 0 Å². The molecule has 4 N–H and O–H groups in total. The maximum Gasteiger partial charge on any atom is 0.159 e. The molecular weight excluding hydrogens is 266 g/mol. The van der Waals surface area contributed by atoms with Crippen molar-refractivity contribution in [2.45, 2.75) is 13.3 Å². The minimum atomic E-state index is 0.494. The highest BCUT2D eigenvalue weighted by atomic mass is 16.5. The lowest BCUT2D eigenvalue weighted by Gasteiger charge is -2.12. The summed E-state index contributed by atoms with van der Waals surface area (Å²) in [6.07, 6.45) is 2.50. The molecule has 6 nitrogen and oxygen atoms in total. The third-order valence-electron chi connectivity index (χ3n) is 3.11. The molecule has 21 heavy (non-hydrogen) atoms. The monoisotopic (exact) mass is 287 g/mol. The average Bonchev–Trinajstić information content (AvgIpc) is 2.52. The molecule has 0 spiro atoms. The lowest BCUT2D eigenvalue weighted by atomic mass is 10.1. The molecular formula is C15H21N5O. The molecule has 1 aromatic carbocycles. The Morgan fingerprint density at radius 2 is 1.86 bits per heavy atom. The summed E-state index contributed by atoms with van der Waals surface area (Å²) in [4.78, 5) is 8.32. The number of benzene rings is 1. The predicted molar refractivity (Wildman–Crippen MR) is 85.9 cm³/mol. The van der Waals surface area contributed by atoms with Crippen LogP contribution in [0.1, 0.15) is 12.5 Å². The number of hydrogen-bond acceptors (Lipinski definition) is 6. The second kappa shape index (κ2) is 7.44. The van der Waals surface area contributed by atoms with Crippen LogP contribution in [0.25, 0.3) is 0 Å². The summed E-state index contributed by atoms with van der Waals surface area (Å²) in [6, 6.07) is 8.19. The van der Waals surface area contributed by atoms with Gasteiger partial charge in [0.1, 0.15) is 12.0 Å². The Hall–Kier alpha value is -2.34. The molecule has 0 amide bonds. The molecule has 0 aliphatic rings. The van der Waals surface area contributed by atoms with E-state index >= 15 is 0 Å². The minimum Gasteiger partial charge on any atom is -0.393 e. The van der Waals surface area contributed by atoms with Crippen LogP contribution in [0.5, 0.6) is 0 Å². The van der Waals surface area contributed by atoms with Gasteiger partial charge >= 0.3 is 0 Å². The standard InChI is InChI=1S/C15H21N5O/c1-3-11-4-6-12(7-5-11)20-15-13(16)14(18-10-19-15)17-8-9-21-2/h4-7,10H,3,8-9,16H2,1-2H3,(H2,17,18,19,20). The van der Waals surface area contributed by atoms with E-state index in [2.05, 4.69) is 39.7 Å². The molecule has 112 valence electrons. The van der Waals surface area contributed by atoms with Crippen molar-refractivity contribution < 1.29 is 4.74 Å². The van der Waals surface area contributed by atoms with Gasteiger partial charge in [0.15, 0.2) is 11.6 Å². The summed E-state index contributed by atoms with van der Waals surface area (Å²) in [6.45, 7) is 3.36. The first-order valence-corrected chi connectivity index (χ1v) is 6.93. The number of methoxy groups -OCH3 is 1. The van der Waals surface area contributed by atoms with Gasteiger partial charge in [0.25, 0.3) is 0 Å². The zero-order chi connectivity index (χ0) is 15.1. The predicted octanol–water partition coefficient (Wildman–Crippen LogP) is 2.42. The van der Waals surface area contributed by atoms with E-state index in [9.17, 15) is 0 Å². The first-order chi connectivity index (χ1) is 10.2. The first-order valence-electron chi connectivity index (χ1n) is 6.93. The number of nitrogens with zero attached hydrogens (tertiary/aromatic N) is 2. The maximum absolute atomic E-state index is 6.08. The van der Waals surface area contributed by atoms with E-state index in [4.69, 9.17) is 10.5 Å². The number of ether oxygens (including phenoxy) is 1. The number of aromatic nitrogens is 2. The average molecular weight is 287 g/mol. The van der Waals surface area contributed by atoms with Crippen LogP contribution < -0.4 is 16.4 Å². The first kappa shape index (κ1) is 15.1. The van der Waals surface area contributed by atoms with Crippen LogP contribution in [0.3, 0.4) is 0 Å². The molecule has 0 aliphatic carbocycles. The van der Waals surface area contributed by atoms with Gasteiger partial charge in [-0.2, -0.15) is 0 Å². The molecule has 0 bridgehead atoms. The molecule has 0 saturated carbocycles. The highest BCUT2D eigenvalue weighted by Gasteiger charge is 2.07. The Morgan fingerprint density at radius 1 is 1.14 bits per heavy atom. The van der Waals surface area contributed by atoms with Gasteiger partial charge in [-0.1, -0.05) is 19.1 Å². The molecule has 6 heteroatoms. The summed E-state index contributed by atoms with van der Waals surface area (Å²) >= 11 is 0. The van der Waals surface area contributed by atoms with Crippen molar-refractivity contribution >= 4 is 23.0 Å². The van der Waals surface area contributed by atoms with Gasteiger partial charge in [-0.15, -0.1) is 0 Å². The summed E-state index contributed by atoms with van der Waals surface area (Å²) in [5.41, 5.74) is 8.81. The van der Waals surface area contributed by atoms with Gasteiger partial charge < -0.3 is 21.1 Å². The summed E-state index contributed by atoms with van der Waals surface area (Å²) in [5, 5.41) is 6.32. The molecule has 0 saturated heterocycles. The Morgan fingerprint density at radius 3 is 2.52 bits per heavy atom. The van der Waals surface area contributed by atoms with Crippen LogP contribution in [0.15, 0.2) is 30.6 Å². The normalized spacial score (nSPS) is 10.4. The van der Waals surface area contributed by atoms with Crippen molar-refractivity contribution in [2.75, 3.05) is 36.6 Å². The maximum atomic E-state index is 6.08. The zero-order valence-electron chi connectivity index (χ0n) is 12.4. The number of aryl methyl sites for hydroxylation is 1. The van der Waals surface area contributed by atoms with Crippen LogP contribution >= 0.6 is 0 Å². The summed E-state index contributed by atoms with van der Waals surface area (Å²) in [5.74, 6) is 1.20. The quantitative estimate of drug-likeness (QED) is 0.678. The largest absolute Gasteiger partial charge is 0.393 e. The van der Waals surface area contributed by atoms with Crippen molar-refractivity contribution in [3.8, 4) is 0 Å². The molecule has 1 heterocycles. The SMILES string of the molecule is CCc1ccc(Nc2ncnc(NCCOC)c2N)cc1. The number of anilines is 4. The molecule has 2 aromatic rings. The molecule has 1 aromatic heterocycles. The van der Waals surface area contributed by atoms with Gasteiger partial charge in [0.2, 0.25) is 0 Å². The lowest BCUT2D eigenvalue weighted by Crippen LogP contribution is -2.12. The third kappa shape index (κ3) is 4.06. The Balaban J connectivity index is 2.10. The minimum absolute atomic E-state index is 0.494. The van der Waals surface area contributed by atoms with Crippen LogP contribution in [0.2, 0.25) is 0 Å². The third-order valence-corrected chi connectivity index (χ3v) is 3.11. The van der Waals surface area contributed by atoms with E-state index in [0.717, 1.165) is 12.1 Å². The highest BCUT2D eigenvalue weighted by molar-refractivity contribution is 5.77. The van der Waals surface area contributed by atoms with Crippen molar-refractivity contribution in [3.05, 3.63) is 36.2 Å². The van der Waals surface area contributed by atoms with Crippen LogP contribution in [-0.4, -0.2) is 30.2 Å². The van der Waals surface area contributed by atoms with Crippen LogP contribution in [-0.2, 0) is 11.2 Å². The number of nitrogens with one attached hydrogen (secondary N) is 2. The number of rotatable bonds is 7. The zero-order valence-corrected chi connectivity index (χ0v) is 12.4. The van der Waals surface area contributed by atoms with E-state index in [1.807, 2.05) is 12.1 Å². The topological polar surface area (TPSA) is 85.1 Å². The van der Waals surface area contributed by atoms with Gasteiger partial charge in [-0.05, 0) is 24.1 Å². The molecule has 0 aliphatic heterocycles. The van der Waals surface area contributed by atoms with Crippen molar-refractivity contribution in [2.24, 2.45) is 0 Å². The number of nitrogens with two attached hydrogens (primary N) is 1. The molecule has 0 fully saturated rings. The van der Waals surface area contributed by atoms with E-state index in [0.29, 0.717) is 30.5 Å². The summed E-state index contributed by atoms with van der Waals surface area (Å²) in [7, 11) is 1.65. The second-order valence-corrected chi connectivity index (χ2v) is 4.58. The molecule has 0 unspecified atom stereocenters. The fourth-order valence-corrected chi connectivity index (χ4v) is 1.87. The van der Waals surface area contributed by atoms with Crippen molar-refractivity contribution in [3.63, 3.8) is 0 Å². The highest BCUT2D eigenvalue weighted by Crippen LogP contribution is 2.25. The fourth-order valence-electron chi connectivity index (χ4n) is 1.87. The Bertz CT molecular complexity index is 571. The van der Waals surface area contributed by atoms with E-state index in [1.54, 1.807) is 7.11 Å². The van der Waals surface area contributed by atoms with E-state index in [-0.39, 0.29) is 0 Å².